The number of nitrogens with zero attached hydrogens (tertiary/aromatic N) is 2. The average molecular weight is 243 g/mol. The molecule has 1 amide bonds. The van der Waals surface area contributed by atoms with Gasteiger partial charge in [0.15, 0.2) is 0 Å². The largest absolute Gasteiger partial charge is 0.309 e. The topological polar surface area (TPSA) is 33.2 Å². The molecule has 1 aliphatic heterocycles. The summed E-state index contributed by atoms with van der Waals surface area (Å²) in [6, 6.07) is 0. The molecule has 0 aromatic carbocycles. The van der Waals surface area contributed by atoms with Crippen molar-refractivity contribution in [1.29, 1.82) is 0 Å². The van der Waals surface area contributed by atoms with Gasteiger partial charge in [-0.3, -0.25) is 9.78 Å². The van der Waals surface area contributed by atoms with Crippen LogP contribution < -0.4 is 4.90 Å². The highest BCUT2D eigenvalue weighted by Crippen LogP contribution is 2.32. The van der Waals surface area contributed by atoms with Crippen molar-refractivity contribution in [3.05, 3.63) is 23.0 Å². The van der Waals surface area contributed by atoms with Crippen molar-refractivity contribution in [2.45, 2.75) is 18.6 Å². The summed E-state index contributed by atoms with van der Waals surface area (Å²) in [7, 11) is 0. The Morgan fingerprint density at radius 3 is 2.87 bits per heavy atom. The van der Waals surface area contributed by atoms with Crippen molar-refractivity contribution < 1.29 is 4.79 Å². The predicted octanol–water partition coefficient (Wildman–Crippen LogP) is 2.08. The normalized spacial score (nSPS) is 21.1. The zero-order valence-corrected chi connectivity index (χ0v) is 9.92. The molecule has 0 N–H and O–H groups in total. The Morgan fingerprint density at radius 1 is 1.60 bits per heavy atom. The molecule has 15 heavy (non-hydrogen) atoms. The number of hydrogen-bond donors (Lipinski definition) is 1. The van der Waals surface area contributed by atoms with E-state index in [1.165, 1.54) is 0 Å². The van der Waals surface area contributed by atoms with Gasteiger partial charge in [-0.05, 0) is 12.5 Å². The zero-order valence-electron chi connectivity index (χ0n) is 8.27. The van der Waals surface area contributed by atoms with Crippen LogP contribution in [0.15, 0.2) is 12.4 Å². The maximum atomic E-state index is 11.7. The van der Waals surface area contributed by atoms with E-state index < -0.39 is 0 Å². The van der Waals surface area contributed by atoms with Crippen LogP contribution in [0.2, 0.25) is 5.02 Å². The Balaban J connectivity index is 2.41. The Bertz CT molecular complexity index is 390. The van der Waals surface area contributed by atoms with Crippen LogP contribution in [-0.2, 0) is 4.79 Å². The number of amides is 1. The molecular formula is C10H11ClN2OS. The van der Waals surface area contributed by atoms with Gasteiger partial charge >= 0.3 is 0 Å². The van der Waals surface area contributed by atoms with Crippen LogP contribution in [0.1, 0.15) is 12.0 Å². The van der Waals surface area contributed by atoms with Crippen molar-refractivity contribution in [3.8, 4) is 0 Å². The number of anilines is 1. The molecule has 2 rings (SSSR count). The first kappa shape index (κ1) is 10.8. The Hall–Kier alpha value is -0.740. The summed E-state index contributed by atoms with van der Waals surface area (Å²) in [5.41, 5.74) is 1.69. The van der Waals surface area contributed by atoms with E-state index in [1.54, 1.807) is 17.3 Å². The molecule has 0 bridgehead atoms. The number of hydrogen-bond acceptors (Lipinski definition) is 3. The number of carbonyl (C=O) groups is 1. The zero-order chi connectivity index (χ0) is 11.0. The molecule has 2 heterocycles. The maximum absolute atomic E-state index is 11.7. The third kappa shape index (κ3) is 1.96. The van der Waals surface area contributed by atoms with E-state index in [0.717, 1.165) is 11.3 Å². The van der Waals surface area contributed by atoms with Gasteiger partial charge in [-0.2, -0.15) is 12.6 Å². The minimum Gasteiger partial charge on any atom is -0.309 e. The quantitative estimate of drug-likeness (QED) is 0.765. The van der Waals surface area contributed by atoms with Crippen molar-refractivity contribution in [3.63, 3.8) is 0 Å². The van der Waals surface area contributed by atoms with Gasteiger partial charge in [-0.25, -0.2) is 0 Å². The number of rotatable bonds is 1. The molecule has 0 aliphatic carbocycles. The molecule has 1 aromatic heterocycles. The Labute approximate surface area is 98.8 Å². The molecule has 1 aromatic rings. The fraction of sp³-hybridized carbons (Fsp3) is 0.400. The molecule has 3 nitrogen and oxygen atoms in total. The first-order chi connectivity index (χ1) is 7.09. The van der Waals surface area contributed by atoms with Crippen molar-refractivity contribution in [1.82, 2.24) is 4.98 Å². The first-order valence-electron chi connectivity index (χ1n) is 4.68. The summed E-state index contributed by atoms with van der Waals surface area (Å²) < 4.78 is 0. The van der Waals surface area contributed by atoms with Crippen LogP contribution in [0.5, 0.6) is 0 Å². The van der Waals surface area contributed by atoms with E-state index in [-0.39, 0.29) is 11.2 Å². The lowest BCUT2D eigenvalue weighted by molar-refractivity contribution is -0.117. The summed E-state index contributed by atoms with van der Waals surface area (Å²) in [6.07, 6.45) is 3.74. The van der Waals surface area contributed by atoms with Crippen molar-refractivity contribution >= 4 is 35.8 Å². The number of carbonyl (C=O) groups excluding carboxylic acids is 1. The highest BCUT2D eigenvalue weighted by molar-refractivity contribution is 7.81. The third-order valence-electron chi connectivity index (χ3n) is 2.43. The molecule has 1 unspecified atom stereocenters. The second-order valence-electron chi connectivity index (χ2n) is 3.65. The lowest BCUT2D eigenvalue weighted by Gasteiger charge is -2.19. The van der Waals surface area contributed by atoms with E-state index in [1.807, 2.05) is 6.92 Å². The Kier molecular flexibility index (Phi) is 2.89. The van der Waals surface area contributed by atoms with Crippen LogP contribution in [0.25, 0.3) is 0 Å². The lowest BCUT2D eigenvalue weighted by atomic mass is 10.2. The molecule has 80 valence electrons. The lowest BCUT2D eigenvalue weighted by Crippen LogP contribution is -2.25. The van der Waals surface area contributed by atoms with Crippen LogP contribution in [-0.4, -0.2) is 22.7 Å². The van der Waals surface area contributed by atoms with Gasteiger partial charge in [0.05, 0.1) is 10.7 Å². The molecule has 1 fully saturated rings. The predicted molar refractivity (Wildman–Crippen MR) is 63.7 cm³/mol. The Morgan fingerprint density at radius 2 is 2.33 bits per heavy atom. The minimum atomic E-state index is 0.0752. The fourth-order valence-corrected chi connectivity index (χ4v) is 2.40. The van der Waals surface area contributed by atoms with Gasteiger partial charge in [0.25, 0.3) is 0 Å². The van der Waals surface area contributed by atoms with Gasteiger partial charge < -0.3 is 4.90 Å². The molecule has 1 atom stereocenters. The molecule has 0 radical (unpaired) electrons. The van der Waals surface area contributed by atoms with Gasteiger partial charge in [0.1, 0.15) is 0 Å². The van der Waals surface area contributed by atoms with E-state index in [2.05, 4.69) is 17.6 Å². The van der Waals surface area contributed by atoms with Gasteiger partial charge in [-0.1, -0.05) is 11.6 Å². The highest BCUT2D eigenvalue weighted by Gasteiger charge is 2.30. The molecule has 1 aliphatic rings. The highest BCUT2D eigenvalue weighted by atomic mass is 35.5. The number of aromatic nitrogens is 1. The summed E-state index contributed by atoms with van der Waals surface area (Å²) in [5.74, 6) is 0.0752. The van der Waals surface area contributed by atoms with Crippen LogP contribution >= 0.6 is 24.2 Å². The second-order valence-corrected chi connectivity index (χ2v) is 4.79. The number of aryl methyl sites for hydroxylation is 1. The molecule has 5 heteroatoms. The third-order valence-corrected chi connectivity index (χ3v) is 3.05. The van der Waals surface area contributed by atoms with Gasteiger partial charge in [-0.15, -0.1) is 0 Å². The van der Waals surface area contributed by atoms with E-state index in [0.29, 0.717) is 18.0 Å². The molecular weight excluding hydrogens is 232 g/mol. The fourth-order valence-electron chi connectivity index (χ4n) is 1.77. The van der Waals surface area contributed by atoms with Gasteiger partial charge in [0, 0.05) is 30.6 Å². The smallest absolute Gasteiger partial charge is 0.228 e. The number of thiol groups is 1. The molecule has 0 spiro atoms. The minimum absolute atomic E-state index is 0.0752. The van der Waals surface area contributed by atoms with Crippen LogP contribution in [0.3, 0.4) is 0 Å². The van der Waals surface area contributed by atoms with Crippen LogP contribution in [0, 0.1) is 6.92 Å². The first-order valence-corrected chi connectivity index (χ1v) is 5.57. The monoisotopic (exact) mass is 242 g/mol. The SMILES string of the molecule is Cc1cncc(Cl)c1N1CC(S)CC1=O. The van der Waals surface area contributed by atoms with Gasteiger partial charge in [0.2, 0.25) is 5.91 Å². The average Bonchev–Trinajstić information content (AvgIpc) is 2.45. The van der Waals surface area contributed by atoms with Crippen molar-refractivity contribution in [2.24, 2.45) is 0 Å². The summed E-state index contributed by atoms with van der Waals surface area (Å²) in [6.45, 7) is 2.51. The molecule has 0 saturated carbocycles. The number of pyridine rings is 1. The van der Waals surface area contributed by atoms with E-state index in [4.69, 9.17) is 11.6 Å². The standard InChI is InChI=1S/C10H11ClN2OS/c1-6-3-12-4-8(11)10(6)13-5-7(15)2-9(13)14/h3-4,7,15H,2,5H2,1H3. The number of halogens is 1. The van der Waals surface area contributed by atoms with Crippen LogP contribution in [0.4, 0.5) is 5.69 Å². The summed E-state index contributed by atoms with van der Waals surface area (Å²) in [5, 5.41) is 0.618. The summed E-state index contributed by atoms with van der Waals surface area (Å²) in [4.78, 5) is 17.3. The van der Waals surface area contributed by atoms with E-state index in [9.17, 15) is 4.79 Å². The van der Waals surface area contributed by atoms with E-state index >= 15 is 0 Å². The molecule has 1 saturated heterocycles. The second kappa shape index (κ2) is 4.02. The maximum Gasteiger partial charge on any atom is 0.228 e. The van der Waals surface area contributed by atoms with Crippen molar-refractivity contribution in [2.75, 3.05) is 11.4 Å². The summed E-state index contributed by atoms with van der Waals surface area (Å²) >= 11 is 10.3.